The lowest BCUT2D eigenvalue weighted by molar-refractivity contribution is -0.130. The molecule has 0 bridgehead atoms. The molecular formula is C11H22N2OS. The minimum absolute atomic E-state index is 0.311. The Morgan fingerprint density at radius 3 is 2.93 bits per heavy atom. The van der Waals surface area contributed by atoms with Crippen LogP contribution in [0.25, 0.3) is 0 Å². The normalized spacial score (nSPS) is 17.9. The molecule has 0 aromatic carbocycles. The van der Waals surface area contributed by atoms with Gasteiger partial charge in [-0.25, -0.2) is 0 Å². The van der Waals surface area contributed by atoms with Crippen LogP contribution in [0, 0.1) is 0 Å². The van der Waals surface area contributed by atoms with E-state index < -0.39 is 0 Å². The second-order valence-electron chi connectivity index (χ2n) is 4.21. The van der Waals surface area contributed by atoms with Gasteiger partial charge in [0.1, 0.15) is 0 Å². The summed E-state index contributed by atoms with van der Waals surface area (Å²) in [6, 6.07) is 0.470. The molecule has 0 saturated carbocycles. The van der Waals surface area contributed by atoms with E-state index >= 15 is 0 Å². The molecule has 1 fully saturated rings. The van der Waals surface area contributed by atoms with Crippen molar-refractivity contribution in [3.05, 3.63) is 0 Å². The molecule has 0 unspecified atom stereocenters. The van der Waals surface area contributed by atoms with Gasteiger partial charge in [-0.3, -0.25) is 4.79 Å². The van der Waals surface area contributed by atoms with Gasteiger partial charge in [0.05, 0.1) is 0 Å². The Kier molecular flexibility index (Phi) is 6.10. The van der Waals surface area contributed by atoms with Crippen LogP contribution in [-0.4, -0.2) is 48.0 Å². The maximum atomic E-state index is 11.8. The number of hydrogen-bond donors (Lipinski definition) is 1. The number of nitrogens with one attached hydrogen (secondary N) is 1. The average Bonchev–Trinajstić information content (AvgIpc) is 2.44. The largest absolute Gasteiger partial charge is 0.342 e. The molecule has 1 N–H and O–H groups in total. The van der Waals surface area contributed by atoms with Crippen molar-refractivity contribution in [1.82, 2.24) is 10.2 Å². The first kappa shape index (κ1) is 12.8. The standard InChI is InChI=1S/C11H22N2OS/c1-10(2)12-5-4-11(14)13-6-3-8-15-9-7-13/h10,12H,3-9H2,1-2H3. The Morgan fingerprint density at radius 1 is 1.40 bits per heavy atom. The fourth-order valence-corrected chi connectivity index (χ4v) is 2.51. The lowest BCUT2D eigenvalue weighted by atomic mass is 10.3. The van der Waals surface area contributed by atoms with Crippen molar-refractivity contribution in [2.24, 2.45) is 0 Å². The third kappa shape index (κ3) is 5.42. The number of nitrogens with zero attached hydrogens (tertiary/aromatic N) is 1. The van der Waals surface area contributed by atoms with Crippen LogP contribution in [0.1, 0.15) is 26.7 Å². The van der Waals surface area contributed by atoms with Gasteiger partial charge in [-0.1, -0.05) is 13.8 Å². The monoisotopic (exact) mass is 230 g/mol. The molecular weight excluding hydrogens is 208 g/mol. The van der Waals surface area contributed by atoms with Crippen LogP contribution >= 0.6 is 11.8 Å². The fourth-order valence-electron chi connectivity index (χ4n) is 1.62. The molecule has 1 aliphatic heterocycles. The van der Waals surface area contributed by atoms with Gasteiger partial charge in [0.25, 0.3) is 0 Å². The number of carbonyl (C=O) groups is 1. The highest BCUT2D eigenvalue weighted by atomic mass is 32.2. The molecule has 0 atom stereocenters. The van der Waals surface area contributed by atoms with Crippen molar-refractivity contribution in [3.63, 3.8) is 0 Å². The Labute approximate surface area is 97.0 Å². The molecule has 0 radical (unpaired) electrons. The number of hydrogen-bond acceptors (Lipinski definition) is 3. The van der Waals surface area contributed by atoms with Crippen LogP contribution in [0.5, 0.6) is 0 Å². The van der Waals surface area contributed by atoms with Gasteiger partial charge in [-0.05, 0) is 12.2 Å². The summed E-state index contributed by atoms with van der Waals surface area (Å²) in [4.78, 5) is 13.8. The van der Waals surface area contributed by atoms with Gasteiger partial charge in [-0.15, -0.1) is 0 Å². The average molecular weight is 230 g/mol. The summed E-state index contributed by atoms with van der Waals surface area (Å²) in [6.07, 6.45) is 1.79. The van der Waals surface area contributed by atoms with Crippen LogP contribution in [0.15, 0.2) is 0 Å². The van der Waals surface area contributed by atoms with E-state index in [9.17, 15) is 4.79 Å². The van der Waals surface area contributed by atoms with Crippen molar-refractivity contribution in [2.45, 2.75) is 32.7 Å². The Bertz CT molecular complexity index is 189. The van der Waals surface area contributed by atoms with Crippen LogP contribution in [-0.2, 0) is 4.79 Å². The topological polar surface area (TPSA) is 32.3 Å². The SMILES string of the molecule is CC(C)NCCC(=O)N1CCCSCC1. The van der Waals surface area contributed by atoms with Crippen molar-refractivity contribution in [2.75, 3.05) is 31.1 Å². The number of carbonyl (C=O) groups excluding carboxylic acids is 1. The summed E-state index contributed by atoms with van der Waals surface area (Å²) in [7, 11) is 0. The van der Waals surface area contributed by atoms with Gasteiger partial charge >= 0.3 is 0 Å². The molecule has 0 aromatic heterocycles. The van der Waals surface area contributed by atoms with E-state index in [0.717, 1.165) is 31.8 Å². The fraction of sp³-hybridized carbons (Fsp3) is 0.909. The van der Waals surface area contributed by atoms with Crippen LogP contribution in [0.3, 0.4) is 0 Å². The van der Waals surface area contributed by atoms with E-state index in [1.54, 1.807) is 0 Å². The molecule has 3 nitrogen and oxygen atoms in total. The van der Waals surface area contributed by atoms with E-state index in [0.29, 0.717) is 18.4 Å². The Morgan fingerprint density at radius 2 is 2.20 bits per heavy atom. The first-order valence-electron chi connectivity index (χ1n) is 5.79. The highest BCUT2D eigenvalue weighted by Crippen LogP contribution is 2.10. The minimum Gasteiger partial charge on any atom is -0.342 e. The van der Waals surface area contributed by atoms with E-state index in [2.05, 4.69) is 19.2 Å². The molecule has 1 aliphatic rings. The zero-order chi connectivity index (χ0) is 11.1. The molecule has 1 amide bonds. The van der Waals surface area contributed by atoms with Crippen LogP contribution < -0.4 is 5.32 Å². The maximum absolute atomic E-state index is 11.8. The number of amides is 1. The van der Waals surface area contributed by atoms with Crippen LogP contribution in [0.4, 0.5) is 0 Å². The first-order valence-corrected chi connectivity index (χ1v) is 6.94. The lowest BCUT2D eigenvalue weighted by Crippen LogP contribution is -2.35. The maximum Gasteiger partial charge on any atom is 0.223 e. The second kappa shape index (κ2) is 7.12. The van der Waals surface area contributed by atoms with Gasteiger partial charge in [-0.2, -0.15) is 11.8 Å². The summed E-state index contributed by atoms with van der Waals surface area (Å²) in [5.41, 5.74) is 0. The van der Waals surface area contributed by atoms with Gasteiger partial charge in [0.15, 0.2) is 0 Å². The van der Waals surface area contributed by atoms with E-state index in [4.69, 9.17) is 0 Å². The molecule has 1 rings (SSSR count). The smallest absolute Gasteiger partial charge is 0.223 e. The minimum atomic E-state index is 0.311. The number of thioether (sulfide) groups is 1. The quantitative estimate of drug-likeness (QED) is 0.791. The van der Waals surface area contributed by atoms with Gasteiger partial charge in [0.2, 0.25) is 5.91 Å². The Balaban J connectivity index is 2.19. The summed E-state index contributed by atoms with van der Waals surface area (Å²) >= 11 is 1.96. The Hall–Kier alpha value is -0.220. The predicted molar refractivity (Wildman–Crippen MR) is 66.3 cm³/mol. The molecule has 15 heavy (non-hydrogen) atoms. The molecule has 0 aromatic rings. The predicted octanol–water partition coefficient (Wildman–Crippen LogP) is 1.34. The van der Waals surface area contributed by atoms with E-state index in [-0.39, 0.29) is 0 Å². The zero-order valence-electron chi connectivity index (χ0n) is 9.79. The summed E-state index contributed by atoms with van der Waals surface area (Å²) in [5, 5.41) is 3.28. The third-order valence-electron chi connectivity index (χ3n) is 2.47. The molecule has 1 saturated heterocycles. The molecule has 1 heterocycles. The molecule has 0 spiro atoms. The van der Waals surface area contributed by atoms with Crippen molar-refractivity contribution in [1.29, 1.82) is 0 Å². The lowest BCUT2D eigenvalue weighted by Gasteiger charge is -2.20. The molecule has 4 heteroatoms. The van der Waals surface area contributed by atoms with E-state index in [1.807, 2.05) is 16.7 Å². The van der Waals surface area contributed by atoms with Crippen molar-refractivity contribution < 1.29 is 4.79 Å². The van der Waals surface area contributed by atoms with Crippen molar-refractivity contribution in [3.8, 4) is 0 Å². The highest BCUT2D eigenvalue weighted by molar-refractivity contribution is 7.99. The summed E-state index contributed by atoms with van der Waals surface area (Å²) in [5.74, 6) is 2.61. The molecule has 88 valence electrons. The van der Waals surface area contributed by atoms with Gasteiger partial charge < -0.3 is 10.2 Å². The summed E-state index contributed by atoms with van der Waals surface area (Å²) < 4.78 is 0. The highest BCUT2D eigenvalue weighted by Gasteiger charge is 2.14. The number of rotatable bonds is 4. The molecule has 0 aliphatic carbocycles. The van der Waals surface area contributed by atoms with Crippen molar-refractivity contribution >= 4 is 17.7 Å². The zero-order valence-corrected chi connectivity index (χ0v) is 10.6. The second-order valence-corrected chi connectivity index (χ2v) is 5.43. The third-order valence-corrected chi connectivity index (χ3v) is 3.52. The van der Waals surface area contributed by atoms with Crippen LogP contribution in [0.2, 0.25) is 0 Å². The van der Waals surface area contributed by atoms with Gasteiger partial charge in [0, 0.05) is 37.8 Å². The summed E-state index contributed by atoms with van der Waals surface area (Å²) in [6.45, 7) is 6.90. The van der Waals surface area contributed by atoms with E-state index in [1.165, 1.54) is 5.75 Å². The first-order chi connectivity index (χ1) is 7.20.